The number of carbonyl (C=O) groups is 1. The van der Waals surface area contributed by atoms with Gasteiger partial charge >= 0.3 is 0 Å². The van der Waals surface area contributed by atoms with Crippen molar-refractivity contribution in [2.75, 3.05) is 5.75 Å². The molecule has 0 aliphatic heterocycles. The molecule has 0 aliphatic rings. The predicted molar refractivity (Wildman–Crippen MR) is 117 cm³/mol. The first-order chi connectivity index (χ1) is 13.5. The van der Waals surface area contributed by atoms with Crippen LogP contribution in [0.1, 0.15) is 27.0 Å². The first kappa shape index (κ1) is 18.5. The van der Waals surface area contributed by atoms with E-state index in [1.807, 2.05) is 50.2 Å². The number of nitrogens with zero attached hydrogens (tertiary/aromatic N) is 2. The summed E-state index contributed by atoms with van der Waals surface area (Å²) in [6.07, 6.45) is 0. The SMILES string of the molecule is Cc1ccc(-n2c(SCC(=O)c3cc(C)ccc3C)nc3ccccc32)cc1. The molecule has 1 heterocycles. The van der Waals surface area contributed by atoms with Crippen molar-refractivity contribution in [3.63, 3.8) is 0 Å². The fraction of sp³-hybridized carbons (Fsp3) is 0.167. The fourth-order valence-electron chi connectivity index (χ4n) is 3.29. The Morgan fingerprint density at radius 2 is 1.64 bits per heavy atom. The zero-order valence-electron chi connectivity index (χ0n) is 16.3. The van der Waals surface area contributed by atoms with Gasteiger partial charge in [-0.2, -0.15) is 0 Å². The van der Waals surface area contributed by atoms with Crippen LogP contribution < -0.4 is 0 Å². The van der Waals surface area contributed by atoms with Crippen molar-refractivity contribution in [1.29, 1.82) is 0 Å². The standard InChI is InChI=1S/C24H22N2OS/c1-16-9-12-19(13-10-16)26-22-7-5-4-6-21(22)25-24(26)28-15-23(27)20-14-17(2)8-11-18(20)3/h4-14H,15H2,1-3H3. The van der Waals surface area contributed by atoms with E-state index in [1.165, 1.54) is 17.3 Å². The average molecular weight is 387 g/mol. The second-order valence-corrected chi connectivity index (χ2v) is 8.03. The van der Waals surface area contributed by atoms with E-state index in [4.69, 9.17) is 4.98 Å². The number of thioether (sulfide) groups is 1. The summed E-state index contributed by atoms with van der Waals surface area (Å²) in [5.74, 6) is 0.494. The summed E-state index contributed by atoms with van der Waals surface area (Å²) >= 11 is 1.49. The average Bonchev–Trinajstić information content (AvgIpc) is 3.07. The molecule has 1 aromatic heterocycles. The van der Waals surface area contributed by atoms with Crippen LogP contribution in [0.3, 0.4) is 0 Å². The Kier molecular flexibility index (Phi) is 5.05. The number of imidazole rings is 1. The number of rotatable bonds is 5. The topological polar surface area (TPSA) is 34.9 Å². The number of ketones is 1. The maximum atomic E-state index is 12.8. The van der Waals surface area contributed by atoms with Crippen molar-refractivity contribution in [2.45, 2.75) is 25.9 Å². The highest BCUT2D eigenvalue weighted by Crippen LogP contribution is 2.29. The number of carbonyl (C=O) groups excluding carboxylic acids is 1. The van der Waals surface area contributed by atoms with Crippen molar-refractivity contribution >= 4 is 28.6 Å². The van der Waals surface area contributed by atoms with Crippen LogP contribution in [0.2, 0.25) is 0 Å². The molecular formula is C24H22N2OS. The van der Waals surface area contributed by atoms with Crippen LogP contribution in [0.4, 0.5) is 0 Å². The second kappa shape index (κ2) is 7.64. The first-order valence-corrected chi connectivity index (χ1v) is 10.3. The predicted octanol–water partition coefficient (Wildman–Crippen LogP) is 5.93. The van der Waals surface area contributed by atoms with Crippen molar-refractivity contribution in [2.24, 2.45) is 0 Å². The van der Waals surface area contributed by atoms with E-state index in [1.54, 1.807) is 0 Å². The summed E-state index contributed by atoms with van der Waals surface area (Å²) in [4.78, 5) is 17.6. The minimum Gasteiger partial charge on any atom is -0.293 e. The van der Waals surface area contributed by atoms with Gasteiger partial charge in [-0.1, -0.05) is 59.3 Å². The number of Topliss-reactive ketones (excluding diaryl/α,β-unsaturated/α-hetero) is 1. The van der Waals surface area contributed by atoms with Gasteiger partial charge in [-0.25, -0.2) is 4.98 Å². The Balaban J connectivity index is 1.69. The summed E-state index contributed by atoms with van der Waals surface area (Å²) in [6, 6.07) is 22.5. The molecule has 0 saturated carbocycles. The normalized spacial score (nSPS) is 11.1. The van der Waals surface area contributed by atoms with E-state index < -0.39 is 0 Å². The zero-order valence-corrected chi connectivity index (χ0v) is 17.1. The molecule has 4 heteroatoms. The van der Waals surface area contributed by atoms with Crippen LogP contribution in [0.15, 0.2) is 71.9 Å². The molecule has 0 aliphatic carbocycles. The third-order valence-corrected chi connectivity index (χ3v) is 5.79. The lowest BCUT2D eigenvalue weighted by atomic mass is 10.0. The van der Waals surface area contributed by atoms with E-state index in [9.17, 15) is 4.79 Å². The summed E-state index contributed by atoms with van der Waals surface area (Å²) in [5.41, 5.74) is 7.17. The van der Waals surface area contributed by atoms with Gasteiger partial charge in [0, 0.05) is 11.3 Å². The minimum atomic E-state index is 0.133. The van der Waals surface area contributed by atoms with Gasteiger partial charge in [-0.15, -0.1) is 0 Å². The number of benzene rings is 3. The molecule has 0 atom stereocenters. The number of hydrogen-bond acceptors (Lipinski definition) is 3. The van der Waals surface area contributed by atoms with Gasteiger partial charge in [0.25, 0.3) is 0 Å². The summed E-state index contributed by atoms with van der Waals surface area (Å²) in [7, 11) is 0. The highest BCUT2D eigenvalue weighted by molar-refractivity contribution is 7.99. The van der Waals surface area contributed by atoms with Crippen LogP contribution in [0.5, 0.6) is 0 Å². The molecule has 0 bridgehead atoms. The molecule has 0 spiro atoms. The maximum absolute atomic E-state index is 12.8. The molecular weight excluding hydrogens is 364 g/mol. The van der Waals surface area contributed by atoms with Crippen molar-refractivity contribution < 1.29 is 4.79 Å². The molecule has 4 aromatic rings. The van der Waals surface area contributed by atoms with Gasteiger partial charge < -0.3 is 0 Å². The molecule has 0 saturated heterocycles. The number of aromatic nitrogens is 2. The third kappa shape index (κ3) is 3.60. The van der Waals surface area contributed by atoms with Gasteiger partial charge in [0.15, 0.2) is 10.9 Å². The van der Waals surface area contributed by atoms with Crippen molar-refractivity contribution in [3.05, 3.63) is 89.0 Å². The lowest BCUT2D eigenvalue weighted by molar-refractivity contribution is 0.102. The Morgan fingerprint density at radius 3 is 2.43 bits per heavy atom. The summed E-state index contributed by atoms with van der Waals surface area (Å²) in [5, 5.41) is 0.837. The fourth-order valence-corrected chi connectivity index (χ4v) is 4.20. The second-order valence-electron chi connectivity index (χ2n) is 7.08. The van der Waals surface area contributed by atoms with Crippen LogP contribution >= 0.6 is 11.8 Å². The van der Waals surface area contributed by atoms with Gasteiger partial charge in [0.05, 0.1) is 16.8 Å². The molecule has 3 aromatic carbocycles. The Bertz CT molecular complexity index is 1160. The molecule has 4 rings (SSSR count). The largest absolute Gasteiger partial charge is 0.293 e. The monoisotopic (exact) mass is 386 g/mol. The quantitative estimate of drug-likeness (QED) is 0.315. The van der Waals surface area contributed by atoms with E-state index in [2.05, 4.69) is 41.8 Å². The molecule has 140 valence electrons. The zero-order chi connectivity index (χ0) is 19.7. The van der Waals surface area contributed by atoms with E-state index in [0.29, 0.717) is 5.75 Å². The smallest absolute Gasteiger partial charge is 0.174 e. The number of hydrogen-bond donors (Lipinski definition) is 0. The molecule has 0 fully saturated rings. The Labute approximate surface area is 169 Å². The number of fused-ring (bicyclic) bond motifs is 1. The third-order valence-electron chi connectivity index (χ3n) is 4.85. The van der Waals surface area contributed by atoms with Crippen molar-refractivity contribution in [3.8, 4) is 5.69 Å². The van der Waals surface area contributed by atoms with Crippen LogP contribution in [0.25, 0.3) is 16.7 Å². The van der Waals surface area contributed by atoms with Gasteiger partial charge in [0.1, 0.15) is 0 Å². The van der Waals surface area contributed by atoms with E-state index in [0.717, 1.165) is 38.6 Å². The van der Waals surface area contributed by atoms with Gasteiger partial charge in [-0.05, 0) is 56.7 Å². The van der Waals surface area contributed by atoms with Crippen LogP contribution in [-0.4, -0.2) is 21.1 Å². The Hall–Kier alpha value is -2.85. The van der Waals surface area contributed by atoms with E-state index >= 15 is 0 Å². The molecule has 3 nitrogen and oxygen atoms in total. The molecule has 0 radical (unpaired) electrons. The highest BCUT2D eigenvalue weighted by atomic mass is 32.2. The Morgan fingerprint density at radius 1 is 0.929 bits per heavy atom. The van der Waals surface area contributed by atoms with Crippen LogP contribution in [-0.2, 0) is 0 Å². The molecule has 0 N–H and O–H groups in total. The number of aryl methyl sites for hydroxylation is 3. The molecule has 0 amide bonds. The minimum absolute atomic E-state index is 0.133. The molecule has 0 unspecified atom stereocenters. The lowest BCUT2D eigenvalue weighted by Gasteiger charge is -2.10. The molecule has 28 heavy (non-hydrogen) atoms. The summed E-state index contributed by atoms with van der Waals surface area (Å²) < 4.78 is 2.13. The van der Waals surface area contributed by atoms with E-state index in [-0.39, 0.29) is 5.78 Å². The lowest BCUT2D eigenvalue weighted by Crippen LogP contribution is -2.06. The van der Waals surface area contributed by atoms with Crippen LogP contribution in [0, 0.1) is 20.8 Å². The van der Waals surface area contributed by atoms with Crippen molar-refractivity contribution in [1.82, 2.24) is 9.55 Å². The highest BCUT2D eigenvalue weighted by Gasteiger charge is 2.16. The van der Waals surface area contributed by atoms with Gasteiger partial charge in [-0.3, -0.25) is 9.36 Å². The first-order valence-electron chi connectivity index (χ1n) is 9.31. The van der Waals surface area contributed by atoms with Gasteiger partial charge in [0.2, 0.25) is 0 Å². The summed E-state index contributed by atoms with van der Waals surface area (Å²) in [6.45, 7) is 6.08. The number of para-hydroxylation sites is 2. The maximum Gasteiger partial charge on any atom is 0.174 e.